The lowest BCUT2D eigenvalue weighted by Gasteiger charge is -2.36. The molecule has 0 saturated carbocycles. The molecule has 1 heterocycles. The molecule has 0 unspecified atom stereocenters. The van der Waals surface area contributed by atoms with Crippen molar-refractivity contribution in [3.63, 3.8) is 0 Å². The van der Waals surface area contributed by atoms with E-state index in [2.05, 4.69) is 26.5 Å². The van der Waals surface area contributed by atoms with Gasteiger partial charge >= 0.3 is 11.8 Å². The van der Waals surface area contributed by atoms with Gasteiger partial charge in [0.05, 0.1) is 19.4 Å². The van der Waals surface area contributed by atoms with Gasteiger partial charge in [0.15, 0.2) is 0 Å². The molecule has 150 valence electrons. The zero-order chi connectivity index (χ0) is 19.5. The van der Waals surface area contributed by atoms with Crippen molar-refractivity contribution in [3.05, 3.63) is 24.3 Å². The van der Waals surface area contributed by atoms with Crippen LogP contribution in [0.5, 0.6) is 5.75 Å². The van der Waals surface area contributed by atoms with E-state index in [4.69, 9.17) is 9.47 Å². The summed E-state index contributed by atoms with van der Waals surface area (Å²) in [7, 11) is 3.24. The van der Waals surface area contributed by atoms with Crippen molar-refractivity contribution >= 4 is 17.5 Å². The number of nitrogens with one attached hydrogen (secondary N) is 2. The average molecular weight is 378 g/mol. The standard InChI is InChI=1S/C19H30N4O4/c1-26-15-9-21-19(25)18(24)20-8-5-10-22-11-13-23(14-12-22)16-6-3-4-7-17(16)27-2/h3-4,6-7H,5,8-15H2,1-2H3,(H,20,24)(H,21,25). The number of anilines is 1. The van der Waals surface area contributed by atoms with Gasteiger partial charge in [0.1, 0.15) is 5.75 Å². The first kappa shape index (κ1) is 21.0. The highest BCUT2D eigenvalue weighted by Gasteiger charge is 2.19. The number of carbonyl (C=O) groups excluding carboxylic acids is 2. The van der Waals surface area contributed by atoms with E-state index >= 15 is 0 Å². The number of hydrogen-bond acceptors (Lipinski definition) is 6. The summed E-state index contributed by atoms with van der Waals surface area (Å²) in [6.45, 7) is 5.91. The number of para-hydroxylation sites is 2. The molecular formula is C19H30N4O4. The van der Waals surface area contributed by atoms with Crippen LogP contribution in [0, 0.1) is 0 Å². The monoisotopic (exact) mass is 378 g/mol. The van der Waals surface area contributed by atoms with Crippen molar-refractivity contribution < 1.29 is 19.1 Å². The Kier molecular flexibility index (Phi) is 8.86. The Hall–Kier alpha value is -2.32. The van der Waals surface area contributed by atoms with E-state index in [1.165, 1.54) is 0 Å². The second-order valence-electron chi connectivity index (χ2n) is 6.36. The minimum atomic E-state index is -0.613. The molecule has 0 radical (unpaired) electrons. The van der Waals surface area contributed by atoms with Crippen LogP contribution in [0.25, 0.3) is 0 Å². The van der Waals surface area contributed by atoms with Crippen LogP contribution >= 0.6 is 0 Å². The Balaban J connectivity index is 1.62. The maximum absolute atomic E-state index is 11.7. The fraction of sp³-hybridized carbons (Fsp3) is 0.579. The maximum Gasteiger partial charge on any atom is 0.309 e. The fourth-order valence-electron chi connectivity index (χ4n) is 3.04. The quantitative estimate of drug-likeness (QED) is 0.468. The SMILES string of the molecule is COCCNC(=O)C(=O)NCCCN1CCN(c2ccccc2OC)CC1. The zero-order valence-electron chi connectivity index (χ0n) is 16.2. The lowest BCUT2D eigenvalue weighted by atomic mass is 10.2. The van der Waals surface area contributed by atoms with E-state index in [1.807, 2.05) is 18.2 Å². The molecule has 0 aliphatic carbocycles. The molecule has 8 heteroatoms. The molecule has 2 amide bonds. The summed E-state index contributed by atoms with van der Waals surface area (Å²) < 4.78 is 10.3. The summed E-state index contributed by atoms with van der Waals surface area (Å²) >= 11 is 0. The Morgan fingerprint density at radius 2 is 1.67 bits per heavy atom. The molecule has 1 aliphatic heterocycles. The third-order valence-corrected chi connectivity index (χ3v) is 4.53. The number of carbonyl (C=O) groups is 2. The van der Waals surface area contributed by atoms with Crippen molar-refractivity contribution in [1.82, 2.24) is 15.5 Å². The summed E-state index contributed by atoms with van der Waals surface area (Å²) in [5.74, 6) is -0.304. The smallest absolute Gasteiger partial charge is 0.309 e. The van der Waals surface area contributed by atoms with Gasteiger partial charge in [-0.3, -0.25) is 14.5 Å². The Labute approximate surface area is 160 Å². The van der Waals surface area contributed by atoms with Gasteiger partial charge in [0, 0.05) is 46.4 Å². The van der Waals surface area contributed by atoms with Crippen LogP contribution in [-0.4, -0.2) is 83.4 Å². The normalized spacial score (nSPS) is 14.7. The highest BCUT2D eigenvalue weighted by atomic mass is 16.5. The van der Waals surface area contributed by atoms with Crippen LogP contribution in [-0.2, 0) is 14.3 Å². The third kappa shape index (κ3) is 6.73. The topological polar surface area (TPSA) is 83.1 Å². The molecule has 27 heavy (non-hydrogen) atoms. The molecular weight excluding hydrogens is 348 g/mol. The Bertz CT molecular complexity index is 603. The van der Waals surface area contributed by atoms with Crippen molar-refractivity contribution in [3.8, 4) is 5.75 Å². The van der Waals surface area contributed by atoms with E-state index in [9.17, 15) is 9.59 Å². The van der Waals surface area contributed by atoms with Gasteiger partial charge in [-0.2, -0.15) is 0 Å². The zero-order valence-corrected chi connectivity index (χ0v) is 16.2. The highest BCUT2D eigenvalue weighted by molar-refractivity contribution is 6.35. The van der Waals surface area contributed by atoms with Gasteiger partial charge < -0.3 is 25.0 Å². The second-order valence-corrected chi connectivity index (χ2v) is 6.36. The molecule has 1 fully saturated rings. The summed E-state index contributed by atoms with van der Waals surface area (Å²) in [4.78, 5) is 27.9. The third-order valence-electron chi connectivity index (χ3n) is 4.53. The number of piperazine rings is 1. The number of hydrogen-bond donors (Lipinski definition) is 2. The molecule has 0 atom stereocenters. The molecule has 0 aromatic heterocycles. The first-order chi connectivity index (χ1) is 13.2. The van der Waals surface area contributed by atoms with Crippen molar-refractivity contribution in [1.29, 1.82) is 0 Å². The highest BCUT2D eigenvalue weighted by Crippen LogP contribution is 2.28. The summed E-state index contributed by atoms with van der Waals surface area (Å²) in [6.07, 6.45) is 0.811. The van der Waals surface area contributed by atoms with Gasteiger partial charge in [0.25, 0.3) is 0 Å². The van der Waals surface area contributed by atoms with Crippen molar-refractivity contribution in [2.45, 2.75) is 6.42 Å². The molecule has 2 N–H and O–H groups in total. The Morgan fingerprint density at radius 1 is 1.00 bits per heavy atom. The van der Waals surface area contributed by atoms with E-state index in [1.54, 1.807) is 14.2 Å². The number of nitrogens with zero attached hydrogens (tertiary/aromatic N) is 2. The fourth-order valence-corrected chi connectivity index (χ4v) is 3.04. The summed E-state index contributed by atoms with van der Waals surface area (Å²) in [5.41, 5.74) is 1.13. The summed E-state index contributed by atoms with van der Waals surface area (Å²) in [5, 5.41) is 5.15. The van der Waals surface area contributed by atoms with Gasteiger partial charge in [-0.05, 0) is 25.1 Å². The number of benzene rings is 1. The van der Waals surface area contributed by atoms with Crippen LogP contribution < -0.4 is 20.3 Å². The van der Waals surface area contributed by atoms with Crippen LogP contribution in [0.4, 0.5) is 5.69 Å². The molecule has 1 saturated heterocycles. The molecule has 1 aromatic rings. The maximum atomic E-state index is 11.7. The van der Waals surface area contributed by atoms with Crippen LogP contribution in [0.3, 0.4) is 0 Å². The van der Waals surface area contributed by atoms with Gasteiger partial charge in [0.2, 0.25) is 0 Å². The Morgan fingerprint density at radius 3 is 2.33 bits per heavy atom. The minimum absolute atomic E-state index is 0.333. The molecule has 2 rings (SSSR count). The van der Waals surface area contributed by atoms with Gasteiger partial charge in [-0.15, -0.1) is 0 Å². The van der Waals surface area contributed by atoms with Crippen molar-refractivity contribution in [2.75, 3.05) is 71.5 Å². The predicted molar refractivity (Wildman–Crippen MR) is 104 cm³/mol. The van der Waals surface area contributed by atoms with E-state index in [0.717, 1.165) is 50.6 Å². The van der Waals surface area contributed by atoms with E-state index in [-0.39, 0.29) is 0 Å². The first-order valence-corrected chi connectivity index (χ1v) is 9.31. The second kappa shape index (κ2) is 11.4. The number of amides is 2. The van der Waals surface area contributed by atoms with E-state index < -0.39 is 11.8 Å². The molecule has 1 aromatic carbocycles. The average Bonchev–Trinajstić information content (AvgIpc) is 2.71. The summed E-state index contributed by atoms with van der Waals surface area (Å²) in [6, 6.07) is 8.07. The van der Waals surface area contributed by atoms with Crippen molar-refractivity contribution in [2.24, 2.45) is 0 Å². The largest absolute Gasteiger partial charge is 0.495 e. The molecule has 0 bridgehead atoms. The lowest BCUT2D eigenvalue weighted by molar-refractivity contribution is -0.139. The van der Waals surface area contributed by atoms with Gasteiger partial charge in [-0.25, -0.2) is 0 Å². The van der Waals surface area contributed by atoms with Gasteiger partial charge in [-0.1, -0.05) is 12.1 Å². The van der Waals surface area contributed by atoms with E-state index in [0.29, 0.717) is 19.7 Å². The number of methoxy groups -OCH3 is 2. The van der Waals surface area contributed by atoms with Crippen LogP contribution in [0.2, 0.25) is 0 Å². The molecule has 1 aliphatic rings. The number of ether oxygens (including phenoxy) is 2. The molecule has 8 nitrogen and oxygen atoms in total. The lowest BCUT2D eigenvalue weighted by Crippen LogP contribution is -2.47. The first-order valence-electron chi connectivity index (χ1n) is 9.31. The minimum Gasteiger partial charge on any atom is -0.495 e. The van der Waals surface area contributed by atoms with Crippen LogP contribution in [0.1, 0.15) is 6.42 Å². The number of rotatable bonds is 9. The predicted octanol–water partition coefficient (Wildman–Crippen LogP) is 0.0861. The molecule has 0 spiro atoms. The van der Waals surface area contributed by atoms with Crippen LogP contribution in [0.15, 0.2) is 24.3 Å².